The molecule has 0 fully saturated rings. The van der Waals surface area contributed by atoms with E-state index < -0.39 is 5.91 Å². The van der Waals surface area contributed by atoms with Gasteiger partial charge in [0.2, 0.25) is 11.6 Å². The van der Waals surface area contributed by atoms with Crippen LogP contribution in [-0.4, -0.2) is 44.0 Å². The first-order valence-electron chi connectivity index (χ1n) is 8.67. The van der Waals surface area contributed by atoms with Crippen LogP contribution in [0.4, 0.5) is 5.82 Å². The van der Waals surface area contributed by atoms with E-state index in [1.807, 2.05) is 24.3 Å². The van der Waals surface area contributed by atoms with Gasteiger partial charge in [0, 0.05) is 0 Å². The SMILES string of the molecule is CCCCOc1ccc(/C=N/NC(=O)c2c(C)nnn2-c2nonc2N)cc1. The third kappa shape index (κ3) is 4.31. The van der Waals surface area contributed by atoms with E-state index in [1.165, 1.54) is 6.21 Å². The topological polar surface area (TPSA) is 146 Å². The van der Waals surface area contributed by atoms with Crippen molar-refractivity contribution in [2.45, 2.75) is 26.7 Å². The Morgan fingerprint density at radius 2 is 2.14 bits per heavy atom. The van der Waals surface area contributed by atoms with Gasteiger partial charge in [0.05, 0.1) is 18.5 Å². The third-order valence-electron chi connectivity index (χ3n) is 3.78. The van der Waals surface area contributed by atoms with E-state index in [0.29, 0.717) is 12.3 Å². The van der Waals surface area contributed by atoms with E-state index in [-0.39, 0.29) is 17.3 Å². The summed E-state index contributed by atoms with van der Waals surface area (Å²) in [6.07, 6.45) is 3.61. The first-order chi connectivity index (χ1) is 13.6. The number of hydrogen-bond donors (Lipinski definition) is 2. The predicted octanol–water partition coefficient (Wildman–Crippen LogP) is 1.48. The number of benzene rings is 1. The maximum Gasteiger partial charge on any atom is 0.292 e. The highest BCUT2D eigenvalue weighted by atomic mass is 16.6. The molecule has 3 aromatic rings. The number of anilines is 1. The standard InChI is InChI=1S/C17H20N8O3/c1-3-4-9-27-13-7-5-12(6-8-13)10-19-21-17(26)14-11(2)20-24-25(14)16-15(18)22-28-23-16/h5-8,10H,3-4,9H2,1-2H3,(H2,18,22)(H,21,26)/b19-10+. The summed E-state index contributed by atoms with van der Waals surface area (Å²) in [4.78, 5) is 12.5. The van der Waals surface area contributed by atoms with Crippen LogP contribution in [0.25, 0.3) is 5.82 Å². The van der Waals surface area contributed by atoms with Crippen molar-refractivity contribution < 1.29 is 14.2 Å². The van der Waals surface area contributed by atoms with Crippen LogP contribution >= 0.6 is 0 Å². The number of nitrogens with one attached hydrogen (secondary N) is 1. The molecule has 0 spiro atoms. The van der Waals surface area contributed by atoms with Gasteiger partial charge in [-0.2, -0.15) is 9.78 Å². The predicted molar refractivity (Wildman–Crippen MR) is 100 cm³/mol. The van der Waals surface area contributed by atoms with Gasteiger partial charge in [-0.15, -0.1) is 5.10 Å². The van der Waals surface area contributed by atoms with Crippen LogP contribution in [0.15, 0.2) is 34.0 Å². The van der Waals surface area contributed by atoms with Crippen molar-refractivity contribution in [2.24, 2.45) is 5.10 Å². The molecule has 11 nitrogen and oxygen atoms in total. The summed E-state index contributed by atoms with van der Waals surface area (Å²) in [5, 5.41) is 18.8. The summed E-state index contributed by atoms with van der Waals surface area (Å²) in [6.45, 7) is 4.43. The molecule has 2 heterocycles. The molecule has 28 heavy (non-hydrogen) atoms. The summed E-state index contributed by atoms with van der Waals surface area (Å²) in [5.41, 5.74) is 9.39. The third-order valence-corrected chi connectivity index (χ3v) is 3.78. The van der Waals surface area contributed by atoms with E-state index in [2.05, 4.69) is 42.7 Å². The number of rotatable bonds is 8. The smallest absolute Gasteiger partial charge is 0.292 e. The second-order valence-electron chi connectivity index (χ2n) is 5.88. The lowest BCUT2D eigenvalue weighted by Crippen LogP contribution is -2.22. The number of carbonyl (C=O) groups excluding carboxylic acids is 1. The zero-order valence-corrected chi connectivity index (χ0v) is 15.5. The summed E-state index contributed by atoms with van der Waals surface area (Å²) >= 11 is 0. The van der Waals surface area contributed by atoms with Crippen LogP contribution in [0.2, 0.25) is 0 Å². The molecule has 0 unspecified atom stereocenters. The Balaban J connectivity index is 1.65. The van der Waals surface area contributed by atoms with Crippen LogP contribution in [0.3, 0.4) is 0 Å². The number of unbranched alkanes of at least 4 members (excludes halogenated alkanes) is 1. The Morgan fingerprint density at radius 1 is 1.36 bits per heavy atom. The van der Waals surface area contributed by atoms with E-state index >= 15 is 0 Å². The van der Waals surface area contributed by atoms with E-state index in [0.717, 1.165) is 28.8 Å². The molecule has 11 heteroatoms. The van der Waals surface area contributed by atoms with Gasteiger partial charge < -0.3 is 10.5 Å². The molecule has 0 saturated carbocycles. The molecule has 0 bridgehead atoms. The molecule has 0 atom stereocenters. The summed E-state index contributed by atoms with van der Waals surface area (Å²) < 4.78 is 11.3. The van der Waals surface area contributed by atoms with E-state index in [9.17, 15) is 4.79 Å². The highest BCUT2D eigenvalue weighted by Crippen LogP contribution is 2.15. The van der Waals surface area contributed by atoms with Crippen LogP contribution in [-0.2, 0) is 0 Å². The summed E-state index contributed by atoms with van der Waals surface area (Å²) in [5.74, 6) is 0.330. The zero-order valence-electron chi connectivity index (χ0n) is 15.5. The average Bonchev–Trinajstić information content (AvgIpc) is 3.28. The number of nitrogen functional groups attached to an aromatic ring is 1. The Bertz CT molecular complexity index is 961. The lowest BCUT2D eigenvalue weighted by Gasteiger charge is -2.05. The van der Waals surface area contributed by atoms with Crippen molar-refractivity contribution in [2.75, 3.05) is 12.3 Å². The number of amides is 1. The van der Waals surface area contributed by atoms with Crippen molar-refractivity contribution in [3.8, 4) is 11.6 Å². The van der Waals surface area contributed by atoms with Crippen LogP contribution in [0, 0.1) is 6.92 Å². The molecule has 0 aliphatic heterocycles. The number of aryl methyl sites for hydroxylation is 1. The highest BCUT2D eigenvalue weighted by molar-refractivity contribution is 5.94. The Kier molecular flexibility index (Phi) is 5.94. The zero-order chi connectivity index (χ0) is 19.9. The molecule has 146 valence electrons. The van der Waals surface area contributed by atoms with Crippen LogP contribution in [0.5, 0.6) is 5.75 Å². The Hall–Kier alpha value is -3.76. The van der Waals surface area contributed by atoms with Crippen molar-refractivity contribution >= 4 is 17.9 Å². The number of hydrazone groups is 1. The van der Waals surface area contributed by atoms with E-state index in [4.69, 9.17) is 10.5 Å². The van der Waals surface area contributed by atoms with Crippen LogP contribution in [0.1, 0.15) is 41.5 Å². The molecule has 0 aliphatic carbocycles. The second-order valence-corrected chi connectivity index (χ2v) is 5.88. The molecular weight excluding hydrogens is 364 g/mol. The molecule has 0 aliphatic rings. The number of aromatic nitrogens is 5. The van der Waals surface area contributed by atoms with Gasteiger partial charge in [-0.1, -0.05) is 18.6 Å². The molecule has 3 N–H and O–H groups in total. The highest BCUT2D eigenvalue weighted by Gasteiger charge is 2.22. The number of nitrogens with zero attached hydrogens (tertiary/aromatic N) is 6. The molecule has 1 amide bonds. The fourth-order valence-electron chi connectivity index (χ4n) is 2.31. The van der Waals surface area contributed by atoms with Crippen molar-refractivity contribution in [3.05, 3.63) is 41.2 Å². The second kappa shape index (κ2) is 8.75. The van der Waals surface area contributed by atoms with E-state index in [1.54, 1.807) is 6.92 Å². The van der Waals surface area contributed by atoms with Crippen molar-refractivity contribution in [1.29, 1.82) is 0 Å². The van der Waals surface area contributed by atoms with Crippen molar-refractivity contribution in [3.63, 3.8) is 0 Å². The number of nitrogens with two attached hydrogens (primary N) is 1. The summed E-state index contributed by atoms with van der Waals surface area (Å²) in [7, 11) is 0. The monoisotopic (exact) mass is 384 g/mol. The molecule has 1 aromatic carbocycles. The number of hydrogen-bond acceptors (Lipinski definition) is 9. The molecular formula is C17H20N8O3. The average molecular weight is 384 g/mol. The maximum absolute atomic E-state index is 12.5. The lowest BCUT2D eigenvalue weighted by atomic mass is 10.2. The van der Waals surface area contributed by atoms with Gasteiger partial charge >= 0.3 is 0 Å². The van der Waals surface area contributed by atoms with Crippen molar-refractivity contribution in [1.82, 2.24) is 30.7 Å². The minimum absolute atomic E-state index is 0.0105. The minimum Gasteiger partial charge on any atom is -0.494 e. The first-order valence-corrected chi connectivity index (χ1v) is 8.67. The Labute approximate surface area is 160 Å². The van der Waals surface area contributed by atoms with Crippen LogP contribution < -0.4 is 15.9 Å². The first kappa shape index (κ1) is 19.0. The molecule has 0 saturated heterocycles. The van der Waals surface area contributed by atoms with Gasteiger partial charge in [-0.3, -0.25) is 4.79 Å². The molecule has 3 rings (SSSR count). The lowest BCUT2D eigenvalue weighted by molar-refractivity contribution is 0.0946. The Morgan fingerprint density at radius 3 is 2.82 bits per heavy atom. The minimum atomic E-state index is -0.527. The fourth-order valence-corrected chi connectivity index (χ4v) is 2.31. The molecule has 2 aromatic heterocycles. The summed E-state index contributed by atoms with van der Waals surface area (Å²) in [6, 6.07) is 7.39. The normalized spacial score (nSPS) is 11.1. The van der Waals surface area contributed by atoms with Gasteiger partial charge in [-0.25, -0.2) is 10.1 Å². The molecule has 0 radical (unpaired) electrons. The maximum atomic E-state index is 12.5. The van der Waals surface area contributed by atoms with Gasteiger partial charge in [0.25, 0.3) is 5.91 Å². The van der Waals surface area contributed by atoms with Gasteiger partial charge in [0.15, 0.2) is 5.69 Å². The quantitative estimate of drug-likeness (QED) is 0.337. The van der Waals surface area contributed by atoms with Gasteiger partial charge in [0.1, 0.15) is 5.75 Å². The number of carbonyl (C=O) groups is 1. The largest absolute Gasteiger partial charge is 0.494 e. The fraction of sp³-hybridized carbons (Fsp3) is 0.294. The van der Waals surface area contributed by atoms with Gasteiger partial charge in [-0.05, 0) is 53.5 Å². The number of ether oxygens (including phenoxy) is 1.